The van der Waals surface area contributed by atoms with Gasteiger partial charge in [-0.3, -0.25) is 0 Å². The smallest absolute Gasteiger partial charge is 0.229 e. The van der Waals surface area contributed by atoms with Crippen LogP contribution in [-0.2, 0) is 6.54 Å². The molecule has 0 bridgehead atoms. The van der Waals surface area contributed by atoms with E-state index in [4.69, 9.17) is 5.73 Å². The largest absolute Gasteiger partial charge is 0.329 e. The van der Waals surface area contributed by atoms with E-state index in [1.54, 1.807) is 0 Å². The molecule has 1 aromatic carbocycles. The summed E-state index contributed by atoms with van der Waals surface area (Å²) < 4.78 is 3.65. The Hall–Kier alpha value is -1.53. The van der Waals surface area contributed by atoms with Gasteiger partial charge in [0.1, 0.15) is 0 Å². The van der Waals surface area contributed by atoms with E-state index in [1.807, 2.05) is 24.3 Å². The van der Waals surface area contributed by atoms with Crippen molar-refractivity contribution >= 4 is 22.4 Å². The molecule has 14 heavy (non-hydrogen) atoms. The summed E-state index contributed by atoms with van der Waals surface area (Å²) in [5.74, 6) is 0. The molecule has 0 aliphatic carbocycles. The third kappa shape index (κ3) is 2.04. The fourth-order valence-corrected chi connectivity index (χ4v) is 1.42. The molecule has 1 heterocycles. The number of benzene rings is 1. The van der Waals surface area contributed by atoms with Gasteiger partial charge in [0.2, 0.25) is 5.13 Å². The van der Waals surface area contributed by atoms with E-state index in [2.05, 4.69) is 20.1 Å². The van der Waals surface area contributed by atoms with Crippen LogP contribution in [0.1, 0.15) is 5.56 Å². The molecule has 5 nitrogen and oxygen atoms in total. The zero-order valence-corrected chi connectivity index (χ0v) is 8.16. The van der Waals surface area contributed by atoms with Gasteiger partial charge < -0.3 is 11.1 Å². The maximum Gasteiger partial charge on any atom is 0.229 e. The third-order valence-corrected chi connectivity index (χ3v) is 2.25. The lowest BCUT2D eigenvalue weighted by molar-refractivity contribution is 0.961. The number of hydrogen-bond acceptors (Lipinski definition) is 6. The minimum Gasteiger partial charge on any atom is -0.329 e. The van der Waals surface area contributed by atoms with Crippen molar-refractivity contribution in [1.82, 2.24) is 14.8 Å². The van der Waals surface area contributed by atoms with E-state index in [1.165, 1.54) is 11.5 Å². The minimum absolute atomic E-state index is 0.556. The van der Waals surface area contributed by atoms with Gasteiger partial charge in [-0.25, -0.2) is 0 Å². The van der Waals surface area contributed by atoms with Crippen molar-refractivity contribution in [2.45, 2.75) is 6.54 Å². The quantitative estimate of drug-likeness (QED) is 0.789. The molecule has 2 rings (SSSR count). The van der Waals surface area contributed by atoms with Crippen molar-refractivity contribution in [2.75, 3.05) is 5.32 Å². The van der Waals surface area contributed by atoms with Crippen molar-refractivity contribution in [3.05, 3.63) is 29.8 Å². The van der Waals surface area contributed by atoms with E-state index in [0.717, 1.165) is 11.3 Å². The first-order valence-corrected chi connectivity index (χ1v) is 4.87. The fourth-order valence-electron chi connectivity index (χ4n) is 1.03. The first-order valence-electron chi connectivity index (χ1n) is 4.09. The maximum absolute atomic E-state index is 5.49. The Morgan fingerprint density at radius 3 is 2.64 bits per heavy atom. The molecule has 0 spiro atoms. The molecule has 2 aromatic rings. The van der Waals surface area contributed by atoms with Crippen molar-refractivity contribution in [1.29, 1.82) is 0 Å². The third-order valence-electron chi connectivity index (χ3n) is 1.74. The Bertz CT molecular complexity index is 383. The lowest BCUT2D eigenvalue weighted by Gasteiger charge is -2.01. The van der Waals surface area contributed by atoms with Gasteiger partial charge in [0.05, 0.1) is 0 Å². The summed E-state index contributed by atoms with van der Waals surface area (Å²) in [6.07, 6.45) is 0. The SMILES string of the molecule is NCc1ccc(Nc2nnns2)cc1. The molecule has 0 radical (unpaired) electrons. The van der Waals surface area contributed by atoms with E-state index >= 15 is 0 Å². The number of nitrogens with two attached hydrogens (primary N) is 1. The molecular weight excluding hydrogens is 198 g/mol. The molecule has 3 N–H and O–H groups in total. The highest BCUT2D eigenvalue weighted by Gasteiger charge is 1.97. The van der Waals surface area contributed by atoms with Gasteiger partial charge in [-0.05, 0) is 22.9 Å². The van der Waals surface area contributed by atoms with Gasteiger partial charge in [0, 0.05) is 23.8 Å². The van der Waals surface area contributed by atoms with Crippen molar-refractivity contribution in [3.8, 4) is 0 Å². The molecule has 0 atom stereocenters. The molecule has 72 valence electrons. The predicted octanol–water partition coefficient (Wildman–Crippen LogP) is 1.14. The monoisotopic (exact) mass is 207 g/mol. The Morgan fingerprint density at radius 1 is 1.29 bits per heavy atom. The van der Waals surface area contributed by atoms with Gasteiger partial charge in [0.25, 0.3) is 0 Å². The summed E-state index contributed by atoms with van der Waals surface area (Å²) in [4.78, 5) is 0. The molecule has 0 aliphatic heterocycles. The first-order chi connectivity index (χ1) is 6.88. The second kappa shape index (κ2) is 4.12. The molecular formula is C8H9N5S. The summed E-state index contributed by atoms with van der Waals surface area (Å²) in [6, 6.07) is 7.83. The zero-order valence-electron chi connectivity index (χ0n) is 7.34. The summed E-state index contributed by atoms with van der Waals surface area (Å²) in [6.45, 7) is 0.556. The van der Waals surface area contributed by atoms with Crippen LogP contribution in [0.3, 0.4) is 0 Å². The predicted molar refractivity (Wildman–Crippen MR) is 55.3 cm³/mol. The van der Waals surface area contributed by atoms with Gasteiger partial charge in [0.15, 0.2) is 0 Å². The molecule has 0 saturated carbocycles. The van der Waals surface area contributed by atoms with Gasteiger partial charge in [-0.1, -0.05) is 21.7 Å². The fraction of sp³-hybridized carbons (Fsp3) is 0.125. The molecule has 0 aliphatic rings. The molecule has 0 unspecified atom stereocenters. The lowest BCUT2D eigenvalue weighted by Crippen LogP contribution is -1.96. The van der Waals surface area contributed by atoms with Crippen molar-refractivity contribution in [3.63, 3.8) is 0 Å². The standard InChI is InChI=1S/C8H9N5S/c9-5-6-1-3-7(4-2-6)10-8-11-12-13-14-8/h1-4H,5,9H2,(H,10,11,13). The molecule has 0 fully saturated rings. The Kier molecular flexibility index (Phi) is 2.66. The van der Waals surface area contributed by atoms with E-state index in [-0.39, 0.29) is 0 Å². The summed E-state index contributed by atoms with van der Waals surface area (Å²) in [5.41, 5.74) is 7.55. The summed E-state index contributed by atoms with van der Waals surface area (Å²) >= 11 is 1.22. The Balaban J connectivity index is 2.10. The number of anilines is 2. The van der Waals surface area contributed by atoms with Crippen molar-refractivity contribution < 1.29 is 0 Å². The minimum atomic E-state index is 0.556. The number of hydrogen-bond donors (Lipinski definition) is 2. The summed E-state index contributed by atoms with van der Waals surface area (Å²) in [7, 11) is 0. The van der Waals surface area contributed by atoms with Crippen LogP contribution in [0.2, 0.25) is 0 Å². The second-order valence-corrected chi connectivity index (χ2v) is 3.43. The molecule has 0 amide bonds. The number of rotatable bonds is 3. The molecule has 0 saturated heterocycles. The van der Waals surface area contributed by atoms with Crippen LogP contribution in [0.15, 0.2) is 24.3 Å². The van der Waals surface area contributed by atoms with Crippen LogP contribution >= 0.6 is 11.5 Å². The van der Waals surface area contributed by atoms with Crippen LogP contribution in [-0.4, -0.2) is 14.8 Å². The number of aromatic nitrogens is 3. The summed E-state index contributed by atoms with van der Waals surface area (Å²) in [5, 5.41) is 11.0. The van der Waals surface area contributed by atoms with Crippen LogP contribution in [0.5, 0.6) is 0 Å². The van der Waals surface area contributed by atoms with Crippen LogP contribution < -0.4 is 11.1 Å². The van der Waals surface area contributed by atoms with Gasteiger partial charge in [-0.2, -0.15) is 0 Å². The first kappa shape index (κ1) is 9.04. The zero-order chi connectivity index (χ0) is 9.80. The lowest BCUT2D eigenvalue weighted by atomic mass is 10.2. The van der Waals surface area contributed by atoms with Crippen LogP contribution in [0.4, 0.5) is 10.8 Å². The van der Waals surface area contributed by atoms with Crippen molar-refractivity contribution in [2.24, 2.45) is 5.73 Å². The highest BCUT2D eigenvalue weighted by atomic mass is 32.1. The normalized spacial score (nSPS) is 10.1. The average molecular weight is 207 g/mol. The Labute approximate surface area is 85.1 Å². The topological polar surface area (TPSA) is 76.7 Å². The molecule has 1 aromatic heterocycles. The van der Waals surface area contributed by atoms with E-state index in [0.29, 0.717) is 11.7 Å². The van der Waals surface area contributed by atoms with E-state index in [9.17, 15) is 0 Å². The number of nitrogens with zero attached hydrogens (tertiary/aromatic N) is 3. The van der Waals surface area contributed by atoms with E-state index < -0.39 is 0 Å². The van der Waals surface area contributed by atoms with Gasteiger partial charge in [-0.15, -0.1) is 0 Å². The van der Waals surface area contributed by atoms with Gasteiger partial charge >= 0.3 is 0 Å². The number of nitrogens with one attached hydrogen (secondary N) is 1. The van der Waals surface area contributed by atoms with Crippen LogP contribution in [0, 0.1) is 0 Å². The highest BCUT2D eigenvalue weighted by molar-refractivity contribution is 7.09. The Morgan fingerprint density at radius 2 is 2.07 bits per heavy atom. The molecule has 6 heteroatoms. The average Bonchev–Trinajstić information content (AvgIpc) is 2.72. The van der Waals surface area contributed by atoms with Crippen LogP contribution in [0.25, 0.3) is 0 Å². The highest BCUT2D eigenvalue weighted by Crippen LogP contribution is 2.16. The second-order valence-electron chi connectivity index (χ2n) is 2.69. The maximum atomic E-state index is 5.49.